The monoisotopic (exact) mass is 247 g/mol. The van der Waals surface area contributed by atoms with Gasteiger partial charge in [-0.2, -0.15) is 0 Å². The summed E-state index contributed by atoms with van der Waals surface area (Å²) in [4.78, 5) is 1.15. The van der Waals surface area contributed by atoms with E-state index in [0.29, 0.717) is 0 Å². The van der Waals surface area contributed by atoms with Crippen molar-refractivity contribution in [3.63, 3.8) is 0 Å². The van der Waals surface area contributed by atoms with Crippen LogP contribution in [0.5, 0.6) is 0 Å². The Morgan fingerprint density at radius 2 is 2.50 bits per heavy atom. The van der Waals surface area contributed by atoms with Gasteiger partial charge in [0.2, 0.25) is 0 Å². The zero-order valence-corrected chi connectivity index (χ0v) is 8.91. The van der Waals surface area contributed by atoms with Gasteiger partial charge in [-0.25, -0.2) is 0 Å². The topological polar surface area (TPSA) is 46.2 Å². The van der Waals surface area contributed by atoms with E-state index in [-0.39, 0.29) is 6.61 Å². The number of hydrogen-bond donors (Lipinski definition) is 2. The lowest BCUT2D eigenvalue weighted by Gasteiger charge is -2.20. The number of nitrogens with two attached hydrogens (primary N) is 1. The molecule has 1 aliphatic carbocycles. The van der Waals surface area contributed by atoms with Crippen molar-refractivity contribution in [2.24, 2.45) is 5.73 Å². The van der Waals surface area contributed by atoms with Gasteiger partial charge in [0.05, 0.1) is 15.9 Å². The van der Waals surface area contributed by atoms with E-state index in [9.17, 15) is 0 Å². The average Bonchev–Trinajstić information content (AvgIpc) is 2.53. The highest BCUT2D eigenvalue weighted by Crippen LogP contribution is 2.42. The van der Waals surface area contributed by atoms with Crippen molar-refractivity contribution < 1.29 is 5.11 Å². The van der Waals surface area contributed by atoms with E-state index >= 15 is 0 Å². The molecule has 2 nitrogen and oxygen atoms in total. The van der Waals surface area contributed by atoms with Gasteiger partial charge in [-0.3, -0.25) is 0 Å². The Morgan fingerprint density at radius 3 is 3.17 bits per heavy atom. The maximum Gasteiger partial charge on any atom is 0.0744 e. The Labute approximate surface area is 83.5 Å². The molecule has 66 valence electrons. The molecule has 0 radical (unpaired) electrons. The summed E-state index contributed by atoms with van der Waals surface area (Å²) >= 11 is 5.06. The first-order valence-corrected chi connectivity index (χ1v) is 5.45. The molecule has 1 aromatic heterocycles. The van der Waals surface area contributed by atoms with E-state index in [0.717, 1.165) is 21.5 Å². The molecule has 1 atom stereocenters. The second-order valence-corrected chi connectivity index (χ2v) is 5.65. The van der Waals surface area contributed by atoms with Crippen molar-refractivity contribution >= 4 is 27.3 Å². The van der Waals surface area contributed by atoms with Crippen LogP contribution in [0.3, 0.4) is 0 Å². The van der Waals surface area contributed by atoms with Crippen LogP contribution in [0.25, 0.3) is 0 Å². The molecule has 1 aliphatic rings. The maximum absolute atomic E-state index is 9.15. The molecule has 0 aliphatic heterocycles. The van der Waals surface area contributed by atoms with E-state index < -0.39 is 5.54 Å². The summed E-state index contributed by atoms with van der Waals surface area (Å²) < 4.78 is 1.11. The fourth-order valence-corrected chi connectivity index (χ4v) is 3.44. The molecule has 0 fully saturated rings. The van der Waals surface area contributed by atoms with Crippen LogP contribution >= 0.6 is 27.3 Å². The second kappa shape index (κ2) is 2.80. The Balaban J connectivity index is 2.47. The highest BCUT2D eigenvalue weighted by Gasteiger charge is 2.36. The van der Waals surface area contributed by atoms with E-state index in [1.807, 2.05) is 0 Å². The van der Waals surface area contributed by atoms with Crippen molar-refractivity contribution in [3.05, 3.63) is 20.3 Å². The molecule has 0 bridgehead atoms. The van der Waals surface area contributed by atoms with Crippen LogP contribution in [0.2, 0.25) is 0 Å². The summed E-state index contributed by atoms with van der Waals surface area (Å²) in [6.07, 6.45) is 1.87. The Kier molecular flexibility index (Phi) is 2.03. The van der Waals surface area contributed by atoms with Crippen molar-refractivity contribution in [1.29, 1.82) is 0 Å². The summed E-state index contributed by atoms with van der Waals surface area (Å²) in [6, 6.07) is 2.10. The molecule has 0 saturated heterocycles. The molecule has 1 aromatic rings. The second-order valence-electron chi connectivity index (χ2n) is 3.22. The lowest BCUT2D eigenvalue weighted by atomic mass is 10.0. The zero-order valence-electron chi connectivity index (χ0n) is 6.51. The first-order valence-electron chi connectivity index (χ1n) is 3.84. The Hall–Kier alpha value is 0.1000. The van der Waals surface area contributed by atoms with Crippen LogP contribution in [-0.4, -0.2) is 11.7 Å². The highest BCUT2D eigenvalue weighted by molar-refractivity contribution is 9.11. The minimum absolute atomic E-state index is 0.0486. The van der Waals surface area contributed by atoms with Gasteiger partial charge in [-0.15, -0.1) is 11.3 Å². The molecule has 0 aromatic carbocycles. The number of halogens is 1. The first kappa shape index (κ1) is 8.69. The smallest absolute Gasteiger partial charge is 0.0744 e. The van der Waals surface area contributed by atoms with Crippen LogP contribution in [0.4, 0.5) is 0 Å². The SMILES string of the molecule is NC1(CO)CCc2cc(Br)sc21. The number of fused-ring (bicyclic) bond motifs is 1. The van der Waals surface area contributed by atoms with Gasteiger partial charge in [0.1, 0.15) is 0 Å². The van der Waals surface area contributed by atoms with Gasteiger partial charge in [0.15, 0.2) is 0 Å². The van der Waals surface area contributed by atoms with Crippen LogP contribution in [0.1, 0.15) is 16.9 Å². The number of rotatable bonds is 1. The number of thiophene rings is 1. The number of aliphatic hydroxyl groups excluding tert-OH is 1. The third-order valence-electron chi connectivity index (χ3n) is 2.35. The van der Waals surface area contributed by atoms with E-state index in [1.165, 1.54) is 5.56 Å². The van der Waals surface area contributed by atoms with E-state index in [1.54, 1.807) is 11.3 Å². The average molecular weight is 248 g/mol. The molecular formula is C8H10BrNOS. The minimum atomic E-state index is -0.466. The molecule has 4 heteroatoms. The van der Waals surface area contributed by atoms with Gasteiger partial charge >= 0.3 is 0 Å². The Bertz CT molecular complexity index is 312. The van der Waals surface area contributed by atoms with Gasteiger partial charge in [0.25, 0.3) is 0 Å². The fraction of sp³-hybridized carbons (Fsp3) is 0.500. The molecule has 1 unspecified atom stereocenters. The first-order chi connectivity index (χ1) is 5.65. The number of aryl methyl sites for hydroxylation is 1. The zero-order chi connectivity index (χ0) is 8.77. The van der Waals surface area contributed by atoms with E-state index in [4.69, 9.17) is 10.8 Å². The molecule has 2 rings (SSSR count). The predicted molar refractivity (Wildman–Crippen MR) is 53.3 cm³/mol. The summed E-state index contributed by atoms with van der Waals surface area (Å²) in [5.41, 5.74) is 6.85. The van der Waals surface area contributed by atoms with Crippen molar-refractivity contribution in [3.8, 4) is 0 Å². The molecule has 12 heavy (non-hydrogen) atoms. The van der Waals surface area contributed by atoms with Crippen molar-refractivity contribution in [2.45, 2.75) is 18.4 Å². The molecule has 1 heterocycles. The standard InChI is InChI=1S/C8H10BrNOS/c9-6-3-5-1-2-8(10,4-11)7(5)12-6/h3,11H,1-2,4,10H2. The summed E-state index contributed by atoms with van der Waals surface area (Å²) in [6.45, 7) is 0.0486. The van der Waals surface area contributed by atoms with Crippen LogP contribution in [0.15, 0.2) is 9.85 Å². The van der Waals surface area contributed by atoms with Gasteiger partial charge in [-0.1, -0.05) is 0 Å². The third kappa shape index (κ3) is 1.14. The normalized spacial score (nSPS) is 27.6. The molecule has 0 spiro atoms. The third-order valence-corrected chi connectivity index (χ3v) is 4.25. The lowest BCUT2D eigenvalue weighted by molar-refractivity contribution is 0.199. The highest BCUT2D eigenvalue weighted by atomic mass is 79.9. The predicted octanol–water partition coefficient (Wildman–Crippen LogP) is 1.60. The molecule has 3 N–H and O–H groups in total. The van der Waals surface area contributed by atoms with E-state index in [2.05, 4.69) is 22.0 Å². The minimum Gasteiger partial charge on any atom is -0.394 e. The molecule has 0 saturated carbocycles. The van der Waals surface area contributed by atoms with Gasteiger partial charge in [-0.05, 0) is 40.4 Å². The summed E-state index contributed by atoms with van der Waals surface area (Å²) in [5, 5.41) is 9.15. The van der Waals surface area contributed by atoms with Gasteiger partial charge < -0.3 is 10.8 Å². The number of hydrogen-bond acceptors (Lipinski definition) is 3. The fourth-order valence-electron chi connectivity index (χ4n) is 1.62. The molecular weight excluding hydrogens is 238 g/mol. The summed E-state index contributed by atoms with van der Waals surface area (Å²) in [7, 11) is 0. The maximum atomic E-state index is 9.15. The Morgan fingerprint density at radius 1 is 1.75 bits per heavy atom. The van der Waals surface area contributed by atoms with Crippen molar-refractivity contribution in [2.75, 3.05) is 6.61 Å². The van der Waals surface area contributed by atoms with Crippen LogP contribution < -0.4 is 5.73 Å². The van der Waals surface area contributed by atoms with Crippen molar-refractivity contribution in [1.82, 2.24) is 0 Å². The quantitative estimate of drug-likeness (QED) is 0.793. The van der Waals surface area contributed by atoms with Gasteiger partial charge in [0, 0.05) is 4.88 Å². The number of aliphatic hydroxyl groups is 1. The van der Waals surface area contributed by atoms with Crippen LogP contribution in [-0.2, 0) is 12.0 Å². The van der Waals surface area contributed by atoms with Crippen LogP contribution in [0, 0.1) is 0 Å². The molecule has 0 amide bonds. The lowest BCUT2D eigenvalue weighted by Crippen LogP contribution is -2.37. The summed E-state index contributed by atoms with van der Waals surface area (Å²) in [5.74, 6) is 0. The largest absolute Gasteiger partial charge is 0.394 e.